The fraction of sp³-hybridized carbons (Fsp3) is 0.588. The van der Waals surface area contributed by atoms with Crippen molar-refractivity contribution in [1.29, 1.82) is 0 Å². The van der Waals surface area contributed by atoms with Crippen LogP contribution in [0.3, 0.4) is 0 Å². The number of rotatable bonds is 4. The third kappa shape index (κ3) is 3.14. The van der Waals surface area contributed by atoms with Crippen molar-refractivity contribution in [3.8, 4) is 5.75 Å². The van der Waals surface area contributed by atoms with Crippen molar-refractivity contribution in [3.05, 3.63) is 24.3 Å². The molecule has 114 valence electrons. The molecule has 1 aliphatic carbocycles. The van der Waals surface area contributed by atoms with E-state index in [1.807, 2.05) is 18.2 Å². The topological polar surface area (TPSA) is 50.9 Å². The summed E-state index contributed by atoms with van der Waals surface area (Å²) < 4.78 is 5.33. The monoisotopic (exact) mass is 287 g/mol. The van der Waals surface area contributed by atoms with E-state index in [0.29, 0.717) is 12.0 Å². The maximum absolute atomic E-state index is 6.13. The van der Waals surface area contributed by atoms with E-state index in [2.05, 4.69) is 16.0 Å². The molecule has 0 spiro atoms. The highest BCUT2D eigenvalue weighted by Gasteiger charge is 2.30. The zero-order valence-electron chi connectivity index (χ0n) is 12.8. The minimum absolute atomic E-state index is 0.403. The van der Waals surface area contributed by atoms with Crippen molar-refractivity contribution in [2.24, 2.45) is 16.6 Å². The molecule has 21 heavy (non-hydrogen) atoms. The van der Waals surface area contributed by atoms with Gasteiger partial charge in [0.15, 0.2) is 5.96 Å². The Labute approximate surface area is 127 Å². The molecule has 0 saturated heterocycles. The number of nitrogens with two attached hydrogens (primary N) is 1. The predicted molar refractivity (Wildman–Crippen MR) is 86.9 cm³/mol. The molecule has 2 N–H and O–H groups in total. The smallest absolute Gasteiger partial charge is 0.196 e. The lowest BCUT2D eigenvalue weighted by molar-refractivity contribution is 0.322. The number of methoxy groups -OCH3 is 1. The van der Waals surface area contributed by atoms with Gasteiger partial charge in [-0.25, -0.2) is 0 Å². The maximum Gasteiger partial charge on any atom is 0.196 e. The molecule has 1 aliphatic heterocycles. The first-order chi connectivity index (χ1) is 10.3. The summed E-state index contributed by atoms with van der Waals surface area (Å²) in [5, 5.41) is 0. The molecule has 1 aromatic carbocycles. The Morgan fingerprint density at radius 2 is 2.10 bits per heavy atom. The van der Waals surface area contributed by atoms with Crippen molar-refractivity contribution < 1.29 is 4.74 Å². The number of hydrogen-bond acceptors (Lipinski definition) is 4. The molecule has 4 nitrogen and oxygen atoms in total. The number of anilines is 1. The second kappa shape index (κ2) is 6.37. The highest BCUT2D eigenvalue weighted by Crippen LogP contribution is 2.32. The Hall–Kier alpha value is -1.71. The van der Waals surface area contributed by atoms with Crippen molar-refractivity contribution in [2.45, 2.75) is 44.6 Å². The largest absolute Gasteiger partial charge is 0.497 e. The second-order valence-electron chi connectivity index (χ2n) is 6.16. The number of guanidine groups is 1. The quantitative estimate of drug-likeness (QED) is 0.925. The van der Waals surface area contributed by atoms with Crippen LogP contribution in [0.4, 0.5) is 5.69 Å². The van der Waals surface area contributed by atoms with Gasteiger partial charge >= 0.3 is 0 Å². The molecule has 4 heteroatoms. The second-order valence-corrected chi connectivity index (χ2v) is 6.16. The van der Waals surface area contributed by atoms with Gasteiger partial charge in [-0.3, -0.25) is 4.99 Å². The summed E-state index contributed by atoms with van der Waals surface area (Å²) in [4.78, 5) is 6.67. The van der Waals surface area contributed by atoms with Gasteiger partial charge in [-0.1, -0.05) is 38.2 Å². The van der Waals surface area contributed by atoms with Gasteiger partial charge in [0.25, 0.3) is 0 Å². The van der Waals surface area contributed by atoms with E-state index in [1.54, 1.807) is 7.11 Å². The van der Waals surface area contributed by atoms with E-state index in [9.17, 15) is 0 Å². The fourth-order valence-corrected chi connectivity index (χ4v) is 3.63. The molecule has 1 atom stereocenters. The summed E-state index contributed by atoms with van der Waals surface area (Å²) in [7, 11) is 1.69. The van der Waals surface area contributed by atoms with Crippen LogP contribution in [0.5, 0.6) is 5.75 Å². The molecule has 2 aliphatic rings. The van der Waals surface area contributed by atoms with Gasteiger partial charge in [-0.2, -0.15) is 0 Å². The first kappa shape index (κ1) is 14.2. The van der Waals surface area contributed by atoms with Crippen LogP contribution in [0.1, 0.15) is 38.5 Å². The summed E-state index contributed by atoms with van der Waals surface area (Å²) in [6, 6.07) is 8.51. The van der Waals surface area contributed by atoms with Crippen LogP contribution in [0.25, 0.3) is 0 Å². The van der Waals surface area contributed by atoms with E-state index in [0.717, 1.165) is 23.9 Å². The molecule has 1 saturated carbocycles. The van der Waals surface area contributed by atoms with Crippen LogP contribution in [-0.4, -0.2) is 25.7 Å². The van der Waals surface area contributed by atoms with Crippen molar-refractivity contribution in [3.63, 3.8) is 0 Å². The van der Waals surface area contributed by atoms with Gasteiger partial charge < -0.3 is 15.4 Å². The van der Waals surface area contributed by atoms with E-state index in [-0.39, 0.29) is 0 Å². The summed E-state index contributed by atoms with van der Waals surface area (Å²) in [6.07, 6.45) is 8.09. The predicted octanol–water partition coefficient (Wildman–Crippen LogP) is 3.17. The third-order valence-electron chi connectivity index (χ3n) is 4.74. The fourth-order valence-electron chi connectivity index (χ4n) is 3.63. The molecule has 3 rings (SSSR count). The molecule has 1 fully saturated rings. The Bertz CT molecular complexity index is 509. The summed E-state index contributed by atoms with van der Waals surface area (Å²) >= 11 is 0. The Balaban J connectivity index is 1.75. The van der Waals surface area contributed by atoms with E-state index in [4.69, 9.17) is 10.5 Å². The summed E-state index contributed by atoms with van der Waals surface area (Å²) in [5.41, 5.74) is 7.22. The molecular formula is C17H25N3O. The Morgan fingerprint density at radius 1 is 1.29 bits per heavy atom. The van der Waals surface area contributed by atoms with Crippen LogP contribution in [-0.2, 0) is 0 Å². The van der Waals surface area contributed by atoms with Gasteiger partial charge in [0.2, 0.25) is 0 Å². The highest BCUT2D eigenvalue weighted by molar-refractivity contribution is 5.97. The zero-order valence-corrected chi connectivity index (χ0v) is 12.8. The number of ether oxygens (including phenoxy) is 1. The van der Waals surface area contributed by atoms with Crippen molar-refractivity contribution in [1.82, 2.24) is 0 Å². The minimum atomic E-state index is 0.403. The molecule has 1 unspecified atom stereocenters. The average Bonchev–Trinajstić information content (AvgIpc) is 2.89. The molecule has 0 aromatic heterocycles. The van der Waals surface area contributed by atoms with Gasteiger partial charge in [-0.05, 0) is 24.5 Å². The first-order valence-electron chi connectivity index (χ1n) is 8.01. The van der Waals surface area contributed by atoms with Crippen LogP contribution in [0.2, 0.25) is 0 Å². The minimum Gasteiger partial charge on any atom is -0.497 e. The Kier molecular flexibility index (Phi) is 4.32. The Morgan fingerprint density at radius 3 is 2.86 bits per heavy atom. The van der Waals surface area contributed by atoms with Crippen LogP contribution in [0.15, 0.2) is 29.3 Å². The third-order valence-corrected chi connectivity index (χ3v) is 4.74. The SMILES string of the molecule is COc1cccc(N2C(N)=NCC2CC2CCCCC2)c1. The highest BCUT2D eigenvalue weighted by atomic mass is 16.5. The number of hydrogen-bond donors (Lipinski definition) is 1. The lowest BCUT2D eigenvalue weighted by atomic mass is 9.84. The van der Waals surface area contributed by atoms with Crippen molar-refractivity contribution in [2.75, 3.05) is 18.6 Å². The normalized spacial score (nSPS) is 23.2. The molecular weight excluding hydrogens is 262 g/mol. The van der Waals surface area contributed by atoms with Gasteiger partial charge in [0.1, 0.15) is 5.75 Å². The van der Waals surface area contributed by atoms with Crippen molar-refractivity contribution >= 4 is 11.6 Å². The van der Waals surface area contributed by atoms with Crippen LogP contribution in [0, 0.1) is 5.92 Å². The summed E-state index contributed by atoms with van der Waals surface area (Å²) in [6.45, 7) is 0.819. The van der Waals surface area contributed by atoms with E-state index < -0.39 is 0 Å². The number of aliphatic imine (C=N–C) groups is 1. The first-order valence-corrected chi connectivity index (χ1v) is 8.01. The molecule has 0 bridgehead atoms. The molecule has 1 aromatic rings. The van der Waals surface area contributed by atoms with Crippen LogP contribution < -0.4 is 15.4 Å². The standard InChI is InChI=1S/C17H25N3O/c1-21-16-9-5-8-14(11-16)20-15(12-19-17(20)18)10-13-6-3-2-4-7-13/h5,8-9,11,13,15H,2-4,6-7,10,12H2,1H3,(H2,18,19). The average molecular weight is 287 g/mol. The lowest BCUT2D eigenvalue weighted by Gasteiger charge is -2.31. The summed E-state index contributed by atoms with van der Waals surface area (Å²) in [5.74, 6) is 2.34. The maximum atomic E-state index is 6.13. The number of benzene rings is 1. The molecule has 1 heterocycles. The van der Waals surface area contributed by atoms with Gasteiger partial charge in [0, 0.05) is 11.8 Å². The molecule has 0 amide bonds. The van der Waals surface area contributed by atoms with E-state index >= 15 is 0 Å². The van der Waals surface area contributed by atoms with Gasteiger partial charge in [0.05, 0.1) is 19.7 Å². The number of nitrogens with zero attached hydrogens (tertiary/aromatic N) is 2. The van der Waals surface area contributed by atoms with E-state index in [1.165, 1.54) is 38.5 Å². The molecule has 0 radical (unpaired) electrons. The lowest BCUT2D eigenvalue weighted by Crippen LogP contribution is -2.42. The van der Waals surface area contributed by atoms with Gasteiger partial charge in [-0.15, -0.1) is 0 Å². The zero-order chi connectivity index (χ0) is 14.7. The van der Waals surface area contributed by atoms with Crippen LogP contribution >= 0.6 is 0 Å².